The van der Waals surface area contributed by atoms with Crippen LogP contribution in [0.3, 0.4) is 0 Å². The van der Waals surface area contributed by atoms with Gasteiger partial charge < -0.3 is 0 Å². The largest absolute Gasteiger partial charge is 0.243 e. The van der Waals surface area contributed by atoms with Crippen molar-refractivity contribution in [1.29, 1.82) is 0 Å². The van der Waals surface area contributed by atoms with Crippen LogP contribution >= 0.6 is 23.8 Å². The first-order valence-electron chi connectivity index (χ1n) is 4.15. The van der Waals surface area contributed by atoms with Gasteiger partial charge in [-0.05, 0) is 12.1 Å². The van der Waals surface area contributed by atoms with Crippen LogP contribution in [-0.2, 0) is 0 Å². The van der Waals surface area contributed by atoms with Crippen LogP contribution in [0.25, 0.3) is 0 Å². The number of nitrogens with zero attached hydrogens (tertiary/aromatic N) is 4. The van der Waals surface area contributed by atoms with Crippen LogP contribution in [0, 0.1) is 0 Å². The van der Waals surface area contributed by atoms with Gasteiger partial charge in [-0.15, -0.1) is 0 Å². The summed E-state index contributed by atoms with van der Waals surface area (Å²) >= 11 is 10.7. The van der Waals surface area contributed by atoms with Crippen molar-refractivity contribution in [2.24, 2.45) is 0 Å². The van der Waals surface area contributed by atoms with Crippen molar-refractivity contribution in [3.8, 4) is 0 Å². The van der Waals surface area contributed by atoms with Crippen LogP contribution in [-0.4, -0.2) is 20.1 Å². The molecule has 0 unspecified atom stereocenters. The normalized spacial score (nSPS) is 9.93. The predicted octanol–water partition coefficient (Wildman–Crippen LogP) is 2.16. The van der Waals surface area contributed by atoms with Crippen molar-refractivity contribution in [2.45, 2.75) is 0 Å². The molecule has 2 aromatic rings. The van der Waals surface area contributed by atoms with E-state index in [-0.39, 0.29) is 0 Å². The molecule has 0 bridgehead atoms. The van der Waals surface area contributed by atoms with Gasteiger partial charge in [-0.1, -0.05) is 23.8 Å². The molecule has 76 valence electrons. The Morgan fingerprint density at radius 1 is 1.47 bits per heavy atom. The quantitative estimate of drug-likeness (QED) is 0.768. The van der Waals surface area contributed by atoms with Gasteiger partial charge in [0.25, 0.3) is 0 Å². The molecule has 2 heterocycles. The molecule has 0 atom stereocenters. The third-order valence-electron chi connectivity index (χ3n) is 1.79. The monoisotopic (exact) mass is 238 g/mol. The maximum absolute atomic E-state index is 5.75. The average Bonchev–Trinajstić information content (AvgIpc) is 2.75. The molecule has 0 N–H and O–H groups in total. The number of aromatic nitrogens is 3. The Hall–Kier alpha value is -1.46. The Balaban J connectivity index is 2.35. The van der Waals surface area contributed by atoms with Gasteiger partial charge in [0.2, 0.25) is 0 Å². The molecular weight excluding hydrogens is 232 g/mol. The first kappa shape index (κ1) is 10.1. The number of imidazole rings is 1. The molecule has 15 heavy (non-hydrogen) atoms. The minimum atomic E-state index is 0.591. The molecular formula is C9H7ClN4S. The third-order valence-corrected chi connectivity index (χ3v) is 2.21. The molecule has 4 nitrogen and oxygen atoms in total. The summed E-state index contributed by atoms with van der Waals surface area (Å²) in [4.78, 5) is 8.09. The summed E-state index contributed by atoms with van der Waals surface area (Å²) in [6.07, 6.45) is 6.65. The molecule has 0 aliphatic rings. The lowest BCUT2D eigenvalue weighted by Gasteiger charge is -2.18. The van der Waals surface area contributed by atoms with Crippen molar-refractivity contribution < 1.29 is 0 Å². The van der Waals surface area contributed by atoms with E-state index in [0.29, 0.717) is 10.8 Å². The lowest BCUT2D eigenvalue weighted by atomic mass is 10.4. The van der Waals surface area contributed by atoms with Crippen LogP contribution < -0.4 is 5.01 Å². The molecule has 0 spiro atoms. The van der Waals surface area contributed by atoms with E-state index in [4.69, 9.17) is 23.8 Å². The summed E-state index contributed by atoms with van der Waals surface area (Å²) < 4.78 is 1.73. The molecule has 2 aromatic heterocycles. The smallest absolute Gasteiger partial charge is 0.152 e. The molecule has 0 saturated heterocycles. The number of pyridine rings is 1. The van der Waals surface area contributed by atoms with E-state index in [9.17, 15) is 0 Å². The van der Waals surface area contributed by atoms with Crippen LogP contribution in [0.4, 0.5) is 5.82 Å². The van der Waals surface area contributed by atoms with E-state index in [1.807, 2.05) is 0 Å². The summed E-state index contributed by atoms with van der Waals surface area (Å²) in [5.74, 6) is 0.687. The Morgan fingerprint density at radius 3 is 2.87 bits per heavy atom. The van der Waals surface area contributed by atoms with Gasteiger partial charge in [0.15, 0.2) is 5.82 Å². The highest BCUT2D eigenvalue weighted by atomic mass is 35.5. The second-order valence-electron chi connectivity index (χ2n) is 2.73. The molecule has 0 fully saturated rings. The zero-order valence-corrected chi connectivity index (χ0v) is 9.19. The van der Waals surface area contributed by atoms with Crippen LogP contribution in [0.5, 0.6) is 0 Å². The highest BCUT2D eigenvalue weighted by Crippen LogP contribution is 2.13. The van der Waals surface area contributed by atoms with E-state index in [1.54, 1.807) is 46.7 Å². The molecule has 0 amide bonds. The molecule has 0 aliphatic carbocycles. The Morgan fingerprint density at radius 2 is 2.33 bits per heavy atom. The van der Waals surface area contributed by atoms with Gasteiger partial charge in [0.1, 0.15) is 6.33 Å². The van der Waals surface area contributed by atoms with Crippen LogP contribution in [0.15, 0.2) is 37.1 Å². The zero-order valence-electron chi connectivity index (χ0n) is 7.62. The van der Waals surface area contributed by atoms with Crippen molar-refractivity contribution in [1.82, 2.24) is 14.6 Å². The van der Waals surface area contributed by atoms with Gasteiger partial charge in [-0.25, -0.2) is 19.7 Å². The maximum atomic E-state index is 5.75. The van der Waals surface area contributed by atoms with Gasteiger partial charge >= 0.3 is 0 Å². The summed E-state index contributed by atoms with van der Waals surface area (Å²) in [6, 6.07) is 3.54. The summed E-state index contributed by atoms with van der Waals surface area (Å²) in [5, 5.41) is 2.27. The standard InChI is InChI=1S/C9H7ClN4S/c10-8-1-2-9(12-5-8)14(7-15)13-4-3-11-6-13/h1-7H. The predicted molar refractivity (Wildman–Crippen MR) is 63.0 cm³/mol. The van der Waals surface area contributed by atoms with Crippen molar-refractivity contribution in [3.05, 3.63) is 42.1 Å². The van der Waals surface area contributed by atoms with E-state index in [0.717, 1.165) is 0 Å². The molecule has 0 saturated carbocycles. The second-order valence-corrected chi connectivity index (χ2v) is 3.37. The lowest BCUT2D eigenvalue weighted by Crippen LogP contribution is -2.26. The molecule has 0 radical (unpaired) electrons. The Bertz CT molecular complexity index is 440. The summed E-state index contributed by atoms with van der Waals surface area (Å²) in [7, 11) is 0. The van der Waals surface area contributed by atoms with E-state index < -0.39 is 0 Å². The fourth-order valence-corrected chi connectivity index (χ4v) is 1.44. The highest BCUT2D eigenvalue weighted by molar-refractivity contribution is 7.79. The number of thiocarbonyl (C=S) groups is 1. The van der Waals surface area contributed by atoms with Crippen molar-refractivity contribution in [2.75, 3.05) is 5.01 Å². The average molecular weight is 239 g/mol. The Labute approximate surface area is 97.1 Å². The minimum absolute atomic E-state index is 0.591. The molecule has 0 aromatic carbocycles. The molecule has 0 aliphatic heterocycles. The third kappa shape index (κ3) is 2.14. The van der Waals surface area contributed by atoms with Crippen LogP contribution in [0.1, 0.15) is 0 Å². The summed E-state index contributed by atoms with van der Waals surface area (Å²) in [6.45, 7) is 0. The van der Waals surface area contributed by atoms with Gasteiger partial charge in [0.05, 0.1) is 10.5 Å². The van der Waals surface area contributed by atoms with Gasteiger partial charge in [-0.3, -0.25) is 0 Å². The first-order valence-corrected chi connectivity index (χ1v) is 5.00. The van der Waals surface area contributed by atoms with E-state index >= 15 is 0 Å². The fraction of sp³-hybridized carbons (Fsp3) is 0. The van der Waals surface area contributed by atoms with E-state index in [1.165, 1.54) is 5.49 Å². The van der Waals surface area contributed by atoms with E-state index in [2.05, 4.69) is 9.97 Å². The topological polar surface area (TPSA) is 34.0 Å². The second kappa shape index (κ2) is 4.37. The minimum Gasteiger partial charge on any atom is -0.243 e. The van der Waals surface area contributed by atoms with Gasteiger partial charge in [-0.2, -0.15) is 0 Å². The number of halogens is 1. The number of rotatable bonds is 3. The van der Waals surface area contributed by atoms with Crippen molar-refractivity contribution in [3.63, 3.8) is 0 Å². The zero-order chi connectivity index (χ0) is 10.7. The SMILES string of the molecule is S=CN(c1ccc(Cl)cn1)n1ccnc1. The van der Waals surface area contributed by atoms with Gasteiger partial charge in [0, 0.05) is 18.6 Å². The molecule has 6 heteroatoms. The highest BCUT2D eigenvalue weighted by Gasteiger charge is 2.05. The number of hydrogen-bond acceptors (Lipinski definition) is 3. The molecule has 2 rings (SSSR count). The lowest BCUT2D eigenvalue weighted by molar-refractivity contribution is 0.837. The maximum Gasteiger partial charge on any atom is 0.152 e. The van der Waals surface area contributed by atoms with Crippen LogP contribution in [0.2, 0.25) is 5.02 Å². The van der Waals surface area contributed by atoms with Crippen molar-refractivity contribution >= 4 is 35.1 Å². The first-order chi connectivity index (χ1) is 7.31. The fourth-order valence-electron chi connectivity index (χ4n) is 1.11. The number of anilines is 1. The number of hydrogen-bond donors (Lipinski definition) is 0. The Kier molecular flexibility index (Phi) is 2.94. The summed E-state index contributed by atoms with van der Waals surface area (Å²) in [5.41, 5.74) is 1.48.